The number of carbonyl (C=O) groups excluding carboxylic acids is 1. The minimum absolute atomic E-state index is 0.0440. The average molecular weight is 316 g/mol. The van der Waals surface area contributed by atoms with Crippen molar-refractivity contribution in [2.24, 2.45) is 5.41 Å². The third-order valence-electron chi connectivity index (χ3n) is 5.09. The van der Waals surface area contributed by atoms with Crippen molar-refractivity contribution in [2.45, 2.75) is 38.1 Å². The highest BCUT2D eigenvalue weighted by atomic mass is 35.5. The molecule has 114 valence electrons. The number of aromatic amines is 1. The number of H-pyrrole nitrogens is 1. The summed E-state index contributed by atoms with van der Waals surface area (Å²) >= 11 is 6.04. The molecule has 2 fully saturated rings. The summed E-state index contributed by atoms with van der Waals surface area (Å²) in [5.41, 5.74) is 2.58. The zero-order valence-corrected chi connectivity index (χ0v) is 13.0. The first-order chi connectivity index (χ1) is 10.7. The van der Waals surface area contributed by atoms with Gasteiger partial charge in [0, 0.05) is 16.6 Å². The Morgan fingerprint density at radius 1 is 1.36 bits per heavy atom. The third kappa shape index (κ3) is 2.31. The molecule has 2 N–H and O–H groups in total. The number of aromatic nitrogens is 2. The van der Waals surface area contributed by atoms with Gasteiger partial charge in [-0.15, -0.1) is 0 Å². The van der Waals surface area contributed by atoms with Crippen LogP contribution in [0.5, 0.6) is 0 Å². The fraction of sp³-hybridized carbons (Fsp3) is 0.412. The molecule has 1 heterocycles. The first-order valence-corrected chi connectivity index (χ1v) is 8.16. The lowest BCUT2D eigenvalue weighted by molar-refractivity contribution is 0.0946. The highest BCUT2D eigenvalue weighted by Gasteiger charge is 2.55. The van der Waals surface area contributed by atoms with Crippen molar-refractivity contribution in [1.29, 1.82) is 0 Å². The normalized spacial score (nSPS) is 22.0. The lowest BCUT2D eigenvalue weighted by Gasteiger charge is -2.10. The minimum atomic E-state index is -0.0440. The molecule has 2 aliphatic rings. The molecule has 0 bridgehead atoms. The second-order valence-electron chi connectivity index (χ2n) is 6.47. The molecule has 0 radical (unpaired) electrons. The van der Waals surface area contributed by atoms with Crippen LogP contribution in [0.25, 0.3) is 11.3 Å². The topological polar surface area (TPSA) is 57.8 Å². The molecular formula is C17H18ClN3O. The Morgan fingerprint density at radius 3 is 2.95 bits per heavy atom. The Labute approximate surface area is 134 Å². The van der Waals surface area contributed by atoms with Crippen LogP contribution in [0.15, 0.2) is 30.5 Å². The summed E-state index contributed by atoms with van der Waals surface area (Å²) in [4.78, 5) is 12.6. The molecule has 1 unspecified atom stereocenters. The van der Waals surface area contributed by atoms with Gasteiger partial charge < -0.3 is 5.32 Å². The number of amides is 1. The predicted octanol–water partition coefficient (Wildman–Crippen LogP) is 3.79. The summed E-state index contributed by atoms with van der Waals surface area (Å²) in [6.45, 7) is 0. The fourth-order valence-corrected chi connectivity index (χ4v) is 3.93. The number of hydrogen-bond acceptors (Lipinski definition) is 2. The van der Waals surface area contributed by atoms with Gasteiger partial charge in [-0.1, -0.05) is 36.6 Å². The van der Waals surface area contributed by atoms with Gasteiger partial charge in [-0.3, -0.25) is 9.89 Å². The maximum absolute atomic E-state index is 12.6. The molecule has 2 aliphatic carbocycles. The lowest BCUT2D eigenvalue weighted by Crippen LogP contribution is -2.29. The van der Waals surface area contributed by atoms with Crippen LogP contribution in [-0.4, -0.2) is 22.1 Å². The first kappa shape index (κ1) is 13.8. The molecule has 1 atom stereocenters. The van der Waals surface area contributed by atoms with E-state index in [1.54, 1.807) is 6.20 Å². The van der Waals surface area contributed by atoms with E-state index in [9.17, 15) is 4.79 Å². The molecular weight excluding hydrogens is 298 g/mol. The number of halogens is 1. The van der Waals surface area contributed by atoms with Gasteiger partial charge in [-0.25, -0.2) is 0 Å². The van der Waals surface area contributed by atoms with Crippen LogP contribution in [0.1, 0.15) is 42.5 Å². The van der Waals surface area contributed by atoms with E-state index in [4.69, 9.17) is 11.6 Å². The smallest absolute Gasteiger partial charge is 0.255 e. The van der Waals surface area contributed by atoms with Crippen molar-refractivity contribution < 1.29 is 4.79 Å². The quantitative estimate of drug-likeness (QED) is 0.905. The summed E-state index contributed by atoms with van der Waals surface area (Å²) < 4.78 is 0. The first-order valence-electron chi connectivity index (χ1n) is 7.78. The van der Waals surface area contributed by atoms with Crippen molar-refractivity contribution in [3.05, 3.63) is 41.0 Å². The van der Waals surface area contributed by atoms with Gasteiger partial charge in [-0.05, 0) is 36.8 Å². The van der Waals surface area contributed by atoms with Crippen LogP contribution in [0.4, 0.5) is 0 Å². The van der Waals surface area contributed by atoms with Gasteiger partial charge in [0.25, 0.3) is 5.91 Å². The van der Waals surface area contributed by atoms with Crippen molar-refractivity contribution in [3.8, 4) is 11.3 Å². The summed E-state index contributed by atoms with van der Waals surface area (Å²) in [7, 11) is 0. The molecule has 5 heteroatoms. The third-order valence-corrected chi connectivity index (χ3v) is 5.33. The second kappa shape index (κ2) is 5.13. The van der Waals surface area contributed by atoms with E-state index in [1.165, 1.54) is 25.7 Å². The Morgan fingerprint density at radius 2 is 2.18 bits per heavy atom. The molecule has 2 saturated carbocycles. The zero-order valence-electron chi connectivity index (χ0n) is 12.2. The van der Waals surface area contributed by atoms with Crippen LogP contribution >= 0.6 is 11.6 Å². The van der Waals surface area contributed by atoms with E-state index in [-0.39, 0.29) is 5.91 Å². The molecule has 0 aliphatic heterocycles. The van der Waals surface area contributed by atoms with Crippen molar-refractivity contribution in [3.63, 3.8) is 0 Å². The van der Waals surface area contributed by atoms with Crippen LogP contribution in [0, 0.1) is 5.41 Å². The molecule has 4 rings (SSSR count). The Bertz CT molecular complexity index is 718. The Balaban J connectivity index is 1.54. The Kier molecular flexibility index (Phi) is 3.22. The number of hydrogen-bond donors (Lipinski definition) is 2. The highest BCUT2D eigenvalue weighted by molar-refractivity contribution is 6.30. The molecule has 1 aromatic heterocycles. The fourth-order valence-electron chi connectivity index (χ4n) is 3.74. The lowest BCUT2D eigenvalue weighted by atomic mass is 10.0. The summed E-state index contributed by atoms with van der Waals surface area (Å²) in [6.07, 6.45) is 7.82. The maximum atomic E-state index is 12.6. The number of rotatable bonds is 3. The van der Waals surface area contributed by atoms with E-state index >= 15 is 0 Å². The SMILES string of the molecule is O=C(NC1CC12CCCC2)c1cn[nH]c1-c1cccc(Cl)c1. The summed E-state index contributed by atoms with van der Waals surface area (Å²) in [5, 5.41) is 10.8. The van der Waals surface area contributed by atoms with E-state index in [2.05, 4.69) is 15.5 Å². The molecule has 22 heavy (non-hydrogen) atoms. The second-order valence-corrected chi connectivity index (χ2v) is 6.91. The van der Waals surface area contributed by atoms with Gasteiger partial charge >= 0.3 is 0 Å². The van der Waals surface area contributed by atoms with Crippen molar-refractivity contribution >= 4 is 17.5 Å². The molecule has 1 amide bonds. The molecule has 2 aromatic rings. The van der Waals surface area contributed by atoms with Crippen LogP contribution in [0.3, 0.4) is 0 Å². The largest absolute Gasteiger partial charge is 0.349 e. The van der Waals surface area contributed by atoms with E-state index in [0.717, 1.165) is 17.7 Å². The van der Waals surface area contributed by atoms with Gasteiger partial charge in [0.2, 0.25) is 0 Å². The summed E-state index contributed by atoms with van der Waals surface area (Å²) in [5.74, 6) is -0.0440. The van der Waals surface area contributed by atoms with E-state index < -0.39 is 0 Å². The standard InChI is InChI=1S/C17H18ClN3O/c18-12-5-3-4-11(8-12)15-13(10-19-21-15)16(22)20-14-9-17(14)6-1-2-7-17/h3-5,8,10,14H,1-2,6-7,9H2,(H,19,21)(H,20,22). The molecule has 1 spiro atoms. The average Bonchev–Trinajstić information content (AvgIpc) is 2.89. The van der Waals surface area contributed by atoms with E-state index in [1.807, 2.05) is 24.3 Å². The maximum Gasteiger partial charge on any atom is 0.255 e. The minimum Gasteiger partial charge on any atom is -0.349 e. The van der Waals surface area contributed by atoms with Crippen molar-refractivity contribution in [1.82, 2.24) is 15.5 Å². The molecule has 1 aromatic carbocycles. The summed E-state index contributed by atoms with van der Waals surface area (Å²) in [6, 6.07) is 7.78. The van der Waals surface area contributed by atoms with Crippen LogP contribution in [-0.2, 0) is 0 Å². The predicted molar refractivity (Wildman–Crippen MR) is 85.8 cm³/mol. The van der Waals surface area contributed by atoms with E-state index in [0.29, 0.717) is 22.0 Å². The number of nitrogens with zero attached hydrogens (tertiary/aromatic N) is 1. The van der Waals surface area contributed by atoms with Crippen LogP contribution in [0.2, 0.25) is 5.02 Å². The van der Waals surface area contributed by atoms with Gasteiger partial charge in [0.15, 0.2) is 0 Å². The van der Waals surface area contributed by atoms with Gasteiger partial charge in [0.1, 0.15) is 0 Å². The monoisotopic (exact) mass is 315 g/mol. The molecule has 4 nitrogen and oxygen atoms in total. The number of nitrogens with one attached hydrogen (secondary N) is 2. The van der Waals surface area contributed by atoms with Crippen molar-refractivity contribution in [2.75, 3.05) is 0 Å². The number of carbonyl (C=O) groups is 1. The van der Waals surface area contributed by atoms with Gasteiger partial charge in [-0.2, -0.15) is 5.10 Å². The molecule has 0 saturated heterocycles. The van der Waals surface area contributed by atoms with Crippen LogP contribution < -0.4 is 5.32 Å². The Hall–Kier alpha value is -1.81. The zero-order chi connectivity index (χ0) is 15.2. The highest BCUT2D eigenvalue weighted by Crippen LogP contribution is 2.57. The van der Waals surface area contributed by atoms with Gasteiger partial charge in [0.05, 0.1) is 17.5 Å². The number of benzene rings is 1.